The van der Waals surface area contributed by atoms with E-state index in [0.717, 1.165) is 19.3 Å². The third kappa shape index (κ3) is 6.88. The number of esters is 1. The number of hydrogen-bond acceptors (Lipinski definition) is 4. The van der Waals surface area contributed by atoms with E-state index in [9.17, 15) is 4.79 Å². The number of carbonyl (C=O) groups excluding carboxylic acids is 1. The first-order valence-electron chi connectivity index (χ1n) is 5.79. The SMILES string of the molecule is CCCCC(C(=O)OCC)/C(C)=N\NC(N)=S. The molecule has 0 rings (SSSR count). The van der Waals surface area contributed by atoms with Gasteiger partial charge in [0.15, 0.2) is 5.11 Å². The Bertz CT molecular complexity index is 292. The zero-order valence-electron chi connectivity index (χ0n) is 10.7. The molecule has 0 heterocycles. The standard InChI is InChI=1S/C11H21N3O2S/c1-4-6-7-9(10(15)16-5-2)8(3)13-14-11(12)17/h9H,4-7H2,1-3H3,(H3,12,14,17)/b13-8-. The van der Waals surface area contributed by atoms with Gasteiger partial charge in [-0.15, -0.1) is 0 Å². The lowest BCUT2D eigenvalue weighted by Gasteiger charge is -2.14. The van der Waals surface area contributed by atoms with Gasteiger partial charge in [-0.1, -0.05) is 19.8 Å². The highest BCUT2D eigenvalue weighted by atomic mass is 32.1. The van der Waals surface area contributed by atoms with Crippen molar-refractivity contribution in [1.82, 2.24) is 5.43 Å². The van der Waals surface area contributed by atoms with Crippen LogP contribution in [0.1, 0.15) is 40.0 Å². The van der Waals surface area contributed by atoms with Crippen molar-refractivity contribution >= 4 is 29.0 Å². The molecule has 1 atom stereocenters. The molecular weight excluding hydrogens is 238 g/mol. The van der Waals surface area contributed by atoms with Crippen molar-refractivity contribution in [2.45, 2.75) is 40.0 Å². The lowest BCUT2D eigenvalue weighted by atomic mass is 9.98. The van der Waals surface area contributed by atoms with Crippen molar-refractivity contribution in [3.8, 4) is 0 Å². The van der Waals surface area contributed by atoms with E-state index in [4.69, 9.17) is 10.5 Å². The Labute approximate surface area is 108 Å². The fraction of sp³-hybridized carbons (Fsp3) is 0.727. The number of hydrazone groups is 1. The molecule has 17 heavy (non-hydrogen) atoms. The van der Waals surface area contributed by atoms with Crippen LogP contribution in [-0.4, -0.2) is 23.4 Å². The highest BCUT2D eigenvalue weighted by Crippen LogP contribution is 2.12. The van der Waals surface area contributed by atoms with Gasteiger partial charge >= 0.3 is 5.97 Å². The molecule has 0 aromatic carbocycles. The van der Waals surface area contributed by atoms with Crippen LogP contribution in [0.2, 0.25) is 0 Å². The van der Waals surface area contributed by atoms with E-state index in [1.165, 1.54) is 0 Å². The van der Waals surface area contributed by atoms with Gasteiger partial charge in [0, 0.05) is 5.71 Å². The summed E-state index contributed by atoms with van der Waals surface area (Å²) >= 11 is 4.65. The lowest BCUT2D eigenvalue weighted by molar-refractivity contribution is -0.145. The molecule has 0 aromatic heterocycles. The number of ether oxygens (including phenoxy) is 1. The molecule has 6 heteroatoms. The predicted molar refractivity (Wildman–Crippen MR) is 72.7 cm³/mol. The lowest BCUT2D eigenvalue weighted by Crippen LogP contribution is -2.30. The van der Waals surface area contributed by atoms with Crippen LogP contribution < -0.4 is 11.2 Å². The van der Waals surface area contributed by atoms with Gasteiger partial charge in [-0.05, 0) is 32.5 Å². The summed E-state index contributed by atoms with van der Waals surface area (Å²) in [5.74, 6) is -0.566. The number of nitrogens with one attached hydrogen (secondary N) is 1. The Morgan fingerprint density at radius 2 is 2.18 bits per heavy atom. The van der Waals surface area contributed by atoms with Gasteiger partial charge in [0.2, 0.25) is 0 Å². The zero-order valence-corrected chi connectivity index (χ0v) is 11.5. The molecule has 0 radical (unpaired) electrons. The van der Waals surface area contributed by atoms with Crippen molar-refractivity contribution in [2.75, 3.05) is 6.61 Å². The maximum absolute atomic E-state index is 11.7. The second kappa shape index (κ2) is 8.92. The first-order chi connectivity index (χ1) is 8.02. The van der Waals surface area contributed by atoms with E-state index in [0.29, 0.717) is 12.3 Å². The molecule has 1 unspecified atom stereocenters. The molecule has 0 saturated carbocycles. The van der Waals surface area contributed by atoms with E-state index in [-0.39, 0.29) is 17.0 Å². The maximum Gasteiger partial charge on any atom is 0.314 e. The molecule has 0 saturated heterocycles. The van der Waals surface area contributed by atoms with Gasteiger partial charge in [-0.2, -0.15) is 5.10 Å². The highest BCUT2D eigenvalue weighted by Gasteiger charge is 2.22. The molecule has 0 amide bonds. The van der Waals surface area contributed by atoms with Crippen LogP contribution in [0.5, 0.6) is 0 Å². The smallest absolute Gasteiger partial charge is 0.314 e. The molecule has 0 aromatic rings. The molecule has 5 nitrogen and oxygen atoms in total. The number of unbranched alkanes of at least 4 members (excludes halogenated alkanes) is 1. The second-order valence-corrected chi connectivity index (χ2v) is 4.12. The van der Waals surface area contributed by atoms with Crippen LogP contribution in [0.15, 0.2) is 5.10 Å². The van der Waals surface area contributed by atoms with Crippen LogP contribution in [-0.2, 0) is 9.53 Å². The summed E-state index contributed by atoms with van der Waals surface area (Å²) in [6.07, 6.45) is 2.69. The Hall–Kier alpha value is -1.17. The van der Waals surface area contributed by atoms with E-state index in [1.807, 2.05) is 0 Å². The van der Waals surface area contributed by atoms with Crippen molar-refractivity contribution in [2.24, 2.45) is 16.8 Å². The van der Waals surface area contributed by atoms with Crippen molar-refractivity contribution in [3.63, 3.8) is 0 Å². The van der Waals surface area contributed by atoms with Crippen LogP contribution in [0, 0.1) is 5.92 Å². The average Bonchev–Trinajstić information content (AvgIpc) is 2.27. The molecule has 0 aliphatic carbocycles. The monoisotopic (exact) mass is 259 g/mol. The van der Waals surface area contributed by atoms with Gasteiger partial charge in [0.25, 0.3) is 0 Å². The van der Waals surface area contributed by atoms with Crippen LogP contribution in [0.4, 0.5) is 0 Å². The minimum absolute atomic E-state index is 0.0856. The third-order valence-electron chi connectivity index (χ3n) is 2.26. The Morgan fingerprint density at radius 3 is 2.65 bits per heavy atom. The maximum atomic E-state index is 11.7. The summed E-state index contributed by atoms with van der Waals surface area (Å²) in [5.41, 5.74) is 8.40. The molecule has 0 spiro atoms. The minimum atomic E-state index is -0.322. The Kier molecular flexibility index (Phi) is 8.31. The number of hydrogen-bond donors (Lipinski definition) is 2. The van der Waals surface area contributed by atoms with Gasteiger partial charge in [0.05, 0.1) is 12.5 Å². The highest BCUT2D eigenvalue weighted by molar-refractivity contribution is 7.80. The average molecular weight is 259 g/mol. The first kappa shape index (κ1) is 15.8. The molecule has 3 N–H and O–H groups in total. The summed E-state index contributed by atoms with van der Waals surface area (Å²) in [6.45, 7) is 6.00. The molecular formula is C11H21N3O2S. The molecule has 98 valence electrons. The predicted octanol–water partition coefficient (Wildman–Crippen LogP) is 1.56. The van der Waals surface area contributed by atoms with Gasteiger partial charge in [-0.25, -0.2) is 0 Å². The fourth-order valence-electron chi connectivity index (χ4n) is 1.37. The zero-order chi connectivity index (χ0) is 13.3. The van der Waals surface area contributed by atoms with Crippen molar-refractivity contribution in [1.29, 1.82) is 0 Å². The number of carbonyl (C=O) groups is 1. The molecule has 0 fully saturated rings. The number of thiocarbonyl (C=S) groups is 1. The minimum Gasteiger partial charge on any atom is -0.465 e. The number of nitrogens with zero attached hydrogens (tertiary/aromatic N) is 1. The van der Waals surface area contributed by atoms with E-state index < -0.39 is 0 Å². The van der Waals surface area contributed by atoms with Gasteiger partial charge in [-0.3, -0.25) is 10.2 Å². The van der Waals surface area contributed by atoms with Crippen LogP contribution in [0.3, 0.4) is 0 Å². The normalized spacial score (nSPS) is 13.0. The van der Waals surface area contributed by atoms with Gasteiger partial charge < -0.3 is 10.5 Å². The molecule has 0 aliphatic heterocycles. The van der Waals surface area contributed by atoms with Gasteiger partial charge in [0.1, 0.15) is 0 Å². The quantitative estimate of drug-likeness (QED) is 0.314. The first-order valence-corrected chi connectivity index (χ1v) is 6.19. The van der Waals surface area contributed by atoms with Crippen LogP contribution in [0.25, 0.3) is 0 Å². The summed E-state index contributed by atoms with van der Waals surface area (Å²) in [7, 11) is 0. The van der Waals surface area contributed by atoms with E-state index in [2.05, 4.69) is 29.7 Å². The molecule has 0 bridgehead atoms. The number of rotatable bonds is 7. The third-order valence-corrected chi connectivity index (χ3v) is 2.36. The van der Waals surface area contributed by atoms with E-state index in [1.54, 1.807) is 13.8 Å². The van der Waals surface area contributed by atoms with Crippen LogP contribution >= 0.6 is 12.2 Å². The second-order valence-electron chi connectivity index (χ2n) is 3.68. The summed E-state index contributed by atoms with van der Waals surface area (Å²) in [5, 5.41) is 4.07. The summed E-state index contributed by atoms with van der Waals surface area (Å²) in [6, 6.07) is 0. The van der Waals surface area contributed by atoms with E-state index >= 15 is 0 Å². The number of nitrogens with two attached hydrogens (primary N) is 1. The molecule has 0 aliphatic rings. The topological polar surface area (TPSA) is 76.7 Å². The van der Waals surface area contributed by atoms with Crippen molar-refractivity contribution in [3.05, 3.63) is 0 Å². The summed E-state index contributed by atoms with van der Waals surface area (Å²) < 4.78 is 5.02. The fourth-order valence-corrected chi connectivity index (χ4v) is 1.42. The Morgan fingerprint density at radius 1 is 1.53 bits per heavy atom. The van der Waals surface area contributed by atoms with Crippen molar-refractivity contribution < 1.29 is 9.53 Å². The largest absolute Gasteiger partial charge is 0.465 e. The summed E-state index contributed by atoms with van der Waals surface area (Å²) in [4.78, 5) is 11.7. The Balaban J connectivity index is 4.59.